The summed E-state index contributed by atoms with van der Waals surface area (Å²) < 4.78 is 18.2. The molecule has 1 aliphatic heterocycles. The minimum atomic E-state index is -0.472. The molecule has 0 spiro atoms. The fraction of sp³-hybridized carbons (Fsp3) is 0.320. The van der Waals surface area contributed by atoms with Gasteiger partial charge >= 0.3 is 0 Å². The number of carbonyl (C=O) groups is 1. The molecule has 0 aliphatic carbocycles. The van der Waals surface area contributed by atoms with E-state index >= 15 is 0 Å². The zero-order chi connectivity index (χ0) is 24.1. The molecule has 3 aromatic rings. The lowest BCUT2D eigenvalue weighted by Gasteiger charge is -2.29. The first kappa shape index (κ1) is 23.2. The second-order valence-electron chi connectivity index (χ2n) is 7.89. The largest absolute Gasteiger partial charge is 0.497 e. The van der Waals surface area contributed by atoms with E-state index in [0.29, 0.717) is 41.0 Å². The summed E-state index contributed by atoms with van der Waals surface area (Å²) in [7, 11) is 3.13. The van der Waals surface area contributed by atoms with Crippen molar-refractivity contribution in [2.45, 2.75) is 32.7 Å². The summed E-state index contributed by atoms with van der Waals surface area (Å²) in [5.41, 5.74) is 2.60. The van der Waals surface area contributed by atoms with E-state index in [1.807, 2.05) is 31.2 Å². The van der Waals surface area contributed by atoms with E-state index in [4.69, 9.17) is 14.2 Å². The summed E-state index contributed by atoms with van der Waals surface area (Å²) in [6, 6.07) is 12.5. The number of nitrogens with zero attached hydrogens (tertiary/aromatic N) is 3. The van der Waals surface area contributed by atoms with Gasteiger partial charge in [-0.25, -0.2) is 4.68 Å². The summed E-state index contributed by atoms with van der Waals surface area (Å²) in [4.78, 5) is 17.9. The van der Waals surface area contributed by atoms with Gasteiger partial charge in [0.1, 0.15) is 29.6 Å². The summed E-state index contributed by atoms with van der Waals surface area (Å²) in [6.45, 7) is 4.65. The Morgan fingerprint density at radius 2 is 1.88 bits per heavy atom. The van der Waals surface area contributed by atoms with Crippen LogP contribution in [0.3, 0.4) is 0 Å². The number of aromatic nitrogens is 3. The van der Waals surface area contributed by atoms with E-state index in [1.54, 1.807) is 37.1 Å². The second-order valence-corrected chi connectivity index (χ2v) is 7.89. The van der Waals surface area contributed by atoms with Gasteiger partial charge in [0.2, 0.25) is 5.95 Å². The monoisotopic (exact) mass is 463 g/mol. The van der Waals surface area contributed by atoms with Crippen molar-refractivity contribution < 1.29 is 19.0 Å². The highest BCUT2D eigenvalue weighted by Gasteiger charge is 2.33. The lowest BCUT2D eigenvalue weighted by molar-refractivity contribution is -0.113. The molecule has 0 radical (unpaired) electrons. The number of fused-ring (bicyclic) bond motifs is 1. The number of allylic oxidation sites excluding steroid dienone is 1. The molecule has 34 heavy (non-hydrogen) atoms. The Labute approximate surface area is 198 Å². The minimum Gasteiger partial charge on any atom is -0.497 e. The van der Waals surface area contributed by atoms with Crippen LogP contribution in [0, 0.1) is 0 Å². The fourth-order valence-electron chi connectivity index (χ4n) is 3.88. The van der Waals surface area contributed by atoms with E-state index in [0.717, 1.165) is 24.2 Å². The summed E-state index contributed by atoms with van der Waals surface area (Å²) in [6.07, 6.45) is 3.54. The predicted octanol–water partition coefficient (Wildman–Crippen LogP) is 4.40. The predicted molar refractivity (Wildman–Crippen MR) is 130 cm³/mol. The van der Waals surface area contributed by atoms with Crippen molar-refractivity contribution in [1.29, 1.82) is 0 Å². The summed E-state index contributed by atoms with van der Waals surface area (Å²) >= 11 is 0. The molecule has 2 N–H and O–H groups in total. The van der Waals surface area contributed by atoms with Crippen molar-refractivity contribution in [3.05, 3.63) is 65.6 Å². The van der Waals surface area contributed by atoms with Crippen LogP contribution in [0.1, 0.15) is 38.3 Å². The number of ether oxygens (including phenoxy) is 3. The minimum absolute atomic E-state index is 0.286. The third kappa shape index (κ3) is 4.68. The van der Waals surface area contributed by atoms with E-state index in [-0.39, 0.29) is 5.91 Å². The van der Waals surface area contributed by atoms with E-state index in [1.165, 1.54) is 6.33 Å². The number of rotatable bonds is 9. The zero-order valence-corrected chi connectivity index (χ0v) is 19.8. The van der Waals surface area contributed by atoms with E-state index in [2.05, 4.69) is 27.6 Å². The maximum Gasteiger partial charge on any atom is 0.255 e. The van der Waals surface area contributed by atoms with Gasteiger partial charge in [0.15, 0.2) is 0 Å². The molecule has 2 aromatic carbocycles. The van der Waals surface area contributed by atoms with Crippen LogP contribution in [-0.4, -0.2) is 41.5 Å². The second kappa shape index (κ2) is 10.3. The van der Waals surface area contributed by atoms with Gasteiger partial charge in [0, 0.05) is 11.8 Å². The zero-order valence-electron chi connectivity index (χ0n) is 19.8. The van der Waals surface area contributed by atoms with Crippen molar-refractivity contribution in [2.75, 3.05) is 31.5 Å². The van der Waals surface area contributed by atoms with Crippen LogP contribution in [0.4, 0.5) is 11.6 Å². The Bertz CT molecular complexity index is 1190. The lowest BCUT2D eigenvalue weighted by Crippen LogP contribution is -2.31. The third-order valence-electron chi connectivity index (χ3n) is 5.66. The van der Waals surface area contributed by atoms with Crippen LogP contribution in [0.15, 0.2) is 60.1 Å². The molecule has 9 nitrogen and oxygen atoms in total. The van der Waals surface area contributed by atoms with Gasteiger partial charge in [-0.05, 0) is 43.2 Å². The molecule has 1 aliphatic rings. The van der Waals surface area contributed by atoms with E-state index < -0.39 is 6.04 Å². The topological polar surface area (TPSA) is 99.5 Å². The Kier molecular flexibility index (Phi) is 7.01. The highest BCUT2D eigenvalue weighted by atomic mass is 16.5. The molecule has 0 bridgehead atoms. The van der Waals surface area contributed by atoms with Gasteiger partial charge in [0.05, 0.1) is 32.1 Å². The number of hydrogen-bond acceptors (Lipinski definition) is 7. The van der Waals surface area contributed by atoms with Crippen LogP contribution in [0.2, 0.25) is 0 Å². The molecule has 0 saturated carbocycles. The van der Waals surface area contributed by atoms with Crippen LogP contribution in [0.25, 0.3) is 0 Å². The molecule has 1 aromatic heterocycles. The summed E-state index contributed by atoms with van der Waals surface area (Å²) in [5, 5.41) is 10.5. The van der Waals surface area contributed by atoms with E-state index in [9.17, 15) is 4.79 Å². The van der Waals surface area contributed by atoms with Gasteiger partial charge in [-0.15, -0.1) is 0 Å². The Balaban J connectivity index is 1.67. The Hall–Kier alpha value is -4.01. The van der Waals surface area contributed by atoms with Crippen molar-refractivity contribution in [2.24, 2.45) is 0 Å². The standard InChI is InChI=1S/C25H29N5O4/c1-5-6-13-34-18-9-7-17(8-10-18)23-22(16(2)28-25-26-15-27-30(23)25)24(31)29-20-14-19(32-3)11-12-21(20)33-4/h7-12,14-15,23H,5-6,13H2,1-4H3,(H,29,31)(H,26,27,28)/t23-/m1/s1. The van der Waals surface area contributed by atoms with Crippen molar-refractivity contribution >= 4 is 17.5 Å². The summed E-state index contributed by atoms with van der Waals surface area (Å²) in [5.74, 6) is 2.21. The highest BCUT2D eigenvalue weighted by molar-refractivity contribution is 6.06. The van der Waals surface area contributed by atoms with Crippen LogP contribution in [0.5, 0.6) is 17.2 Å². The molecule has 0 unspecified atom stereocenters. The SMILES string of the molecule is CCCCOc1ccc([C@@H]2C(C(=O)Nc3cc(OC)ccc3OC)=C(C)Nc3ncnn32)cc1. The molecule has 1 atom stereocenters. The molecule has 178 valence electrons. The first-order valence-corrected chi connectivity index (χ1v) is 11.2. The Morgan fingerprint density at radius 1 is 1.12 bits per heavy atom. The average molecular weight is 464 g/mol. The maximum atomic E-state index is 13.6. The molecule has 2 heterocycles. The molecule has 0 fully saturated rings. The molecule has 0 saturated heterocycles. The quantitative estimate of drug-likeness (QED) is 0.454. The third-order valence-corrected chi connectivity index (χ3v) is 5.66. The van der Waals surface area contributed by atoms with Gasteiger partial charge in [-0.1, -0.05) is 25.5 Å². The number of benzene rings is 2. The lowest BCUT2D eigenvalue weighted by atomic mass is 9.95. The van der Waals surface area contributed by atoms with Crippen molar-refractivity contribution in [3.8, 4) is 17.2 Å². The number of anilines is 2. The van der Waals surface area contributed by atoms with Gasteiger partial charge in [0.25, 0.3) is 5.91 Å². The van der Waals surface area contributed by atoms with Gasteiger partial charge in [-0.3, -0.25) is 4.79 Å². The van der Waals surface area contributed by atoms with Crippen LogP contribution in [-0.2, 0) is 4.79 Å². The molecule has 1 amide bonds. The number of methoxy groups -OCH3 is 2. The Morgan fingerprint density at radius 3 is 2.59 bits per heavy atom. The van der Waals surface area contributed by atoms with Gasteiger partial charge in [-0.2, -0.15) is 10.1 Å². The molecular formula is C25H29N5O4. The smallest absolute Gasteiger partial charge is 0.255 e. The van der Waals surface area contributed by atoms with Gasteiger partial charge < -0.3 is 24.8 Å². The molecular weight excluding hydrogens is 434 g/mol. The fourth-order valence-corrected chi connectivity index (χ4v) is 3.88. The van der Waals surface area contributed by atoms with Crippen LogP contribution < -0.4 is 24.8 Å². The number of carbonyl (C=O) groups excluding carboxylic acids is 1. The van der Waals surface area contributed by atoms with Crippen molar-refractivity contribution in [1.82, 2.24) is 14.8 Å². The van der Waals surface area contributed by atoms with Crippen LogP contribution >= 0.6 is 0 Å². The number of unbranched alkanes of at least 4 members (excludes halogenated alkanes) is 1. The highest BCUT2D eigenvalue weighted by Crippen LogP contribution is 2.37. The molecule has 4 rings (SSSR count). The number of nitrogens with one attached hydrogen (secondary N) is 2. The number of hydrogen-bond donors (Lipinski definition) is 2. The first-order chi connectivity index (χ1) is 16.5. The normalized spacial score (nSPS) is 14.8. The maximum absolute atomic E-state index is 13.6. The molecule has 9 heteroatoms. The van der Waals surface area contributed by atoms with Crippen molar-refractivity contribution in [3.63, 3.8) is 0 Å². The average Bonchev–Trinajstić information content (AvgIpc) is 3.31. The first-order valence-electron chi connectivity index (χ1n) is 11.2. The number of amides is 1.